The van der Waals surface area contributed by atoms with Crippen LogP contribution in [0.2, 0.25) is 0 Å². The van der Waals surface area contributed by atoms with E-state index < -0.39 is 0 Å². The summed E-state index contributed by atoms with van der Waals surface area (Å²) in [5.41, 5.74) is 7.17. The summed E-state index contributed by atoms with van der Waals surface area (Å²) >= 11 is 3.10. The summed E-state index contributed by atoms with van der Waals surface area (Å²) in [4.78, 5) is 14.8. The van der Waals surface area contributed by atoms with Crippen molar-refractivity contribution in [1.82, 2.24) is 4.90 Å². The second-order valence-electron chi connectivity index (χ2n) is 4.00. The highest BCUT2D eigenvalue weighted by molar-refractivity contribution is 7.10. The van der Waals surface area contributed by atoms with E-state index in [-0.39, 0.29) is 5.91 Å². The van der Waals surface area contributed by atoms with E-state index >= 15 is 0 Å². The molecular weight excluding hydrogens is 276 g/mol. The number of carbonyl (C=O) groups excluding carboxylic acids is 1. The van der Waals surface area contributed by atoms with E-state index in [2.05, 4.69) is 11.8 Å². The van der Waals surface area contributed by atoms with Crippen LogP contribution in [0.3, 0.4) is 0 Å². The minimum absolute atomic E-state index is 0.0436. The summed E-state index contributed by atoms with van der Waals surface area (Å²) in [7, 11) is 1.81. The molecule has 5 heteroatoms. The topological polar surface area (TPSA) is 46.3 Å². The van der Waals surface area contributed by atoms with Crippen LogP contribution in [0.15, 0.2) is 28.3 Å². The Kier molecular flexibility index (Phi) is 4.74. The second kappa shape index (κ2) is 6.53. The minimum atomic E-state index is 0.0436. The average molecular weight is 290 g/mol. The highest BCUT2D eigenvalue weighted by Gasteiger charge is 2.12. The standard InChI is InChI=1S/C14H14N2OS2/c1-16(14(17)12-4-6-18-10-12)8-11-7-13(19-9-11)3-2-5-15/h4,6-7,9-10H,5,8,15H2,1H3. The van der Waals surface area contributed by atoms with Crippen molar-refractivity contribution in [1.29, 1.82) is 0 Å². The number of carbonyl (C=O) groups is 1. The van der Waals surface area contributed by atoms with Gasteiger partial charge in [-0.15, -0.1) is 11.3 Å². The van der Waals surface area contributed by atoms with Gasteiger partial charge in [0.05, 0.1) is 17.0 Å². The quantitative estimate of drug-likeness (QED) is 0.882. The van der Waals surface area contributed by atoms with Gasteiger partial charge in [-0.05, 0) is 28.5 Å². The van der Waals surface area contributed by atoms with E-state index in [9.17, 15) is 4.79 Å². The van der Waals surface area contributed by atoms with Crippen molar-refractivity contribution in [2.24, 2.45) is 5.73 Å². The summed E-state index contributed by atoms with van der Waals surface area (Å²) in [6, 6.07) is 3.85. The summed E-state index contributed by atoms with van der Waals surface area (Å²) < 4.78 is 0. The molecule has 2 aromatic rings. The van der Waals surface area contributed by atoms with Crippen LogP contribution >= 0.6 is 22.7 Å². The van der Waals surface area contributed by atoms with Gasteiger partial charge in [-0.1, -0.05) is 11.8 Å². The van der Waals surface area contributed by atoms with Gasteiger partial charge in [0, 0.05) is 19.0 Å². The zero-order valence-electron chi connectivity index (χ0n) is 10.6. The Bertz CT molecular complexity index is 605. The molecule has 0 atom stereocenters. The number of hydrogen-bond donors (Lipinski definition) is 1. The highest BCUT2D eigenvalue weighted by Crippen LogP contribution is 2.16. The molecule has 0 fully saturated rings. The molecule has 0 radical (unpaired) electrons. The van der Waals surface area contributed by atoms with Crippen molar-refractivity contribution in [2.75, 3.05) is 13.6 Å². The molecule has 2 N–H and O–H groups in total. The van der Waals surface area contributed by atoms with E-state index in [0.29, 0.717) is 13.1 Å². The predicted molar refractivity (Wildman–Crippen MR) is 80.4 cm³/mol. The molecule has 0 aliphatic carbocycles. The molecule has 0 saturated carbocycles. The van der Waals surface area contributed by atoms with Crippen molar-refractivity contribution < 1.29 is 4.79 Å². The van der Waals surface area contributed by atoms with E-state index in [1.165, 1.54) is 11.3 Å². The van der Waals surface area contributed by atoms with E-state index in [0.717, 1.165) is 16.0 Å². The first-order valence-electron chi connectivity index (χ1n) is 5.74. The van der Waals surface area contributed by atoms with Crippen LogP contribution in [0, 0.1) is 11.8 Å². The summed E-state index contributed by atoms with van der Waals surface area (Å²) in [6.45, 7) is 0.958. The van der Waals surface area contributed by atoms with Gasteiger partial charge in [0.15, 0.2) is 0 Å². The largest absolute Gasteiger partial charge is 0.337 e. The van der Waals surface area contributed by atoms with Crippen LogP contribution in [-0.2, 0) is 6.54 Å². The zero-order valence-corrected chi connectivity index (χ0v) is 12.2. The monoisotopic (exact) mass is 290 g/mol. The number of nitrogens with zero attached hydrogens (tertiary/aromatic N) is 1. The van der Waals surface area contributed by atoms with Crippen LogP contribution in [-0.4, -0.2) is 24.4 Å². The average Bonchev–Trinajstić information content (AvgIpc) is 3.06. The predicted octanol–water partition coefficient (Wildman–Crippen LogP) is 2.39. The Morgan fingerprint density at radius 2 is 2.32 bits per heavy atom. The fraction of sp³-hybridized carbons (Fsp3) is 0.214. The minimum Gasteiger partial charge on any atom is -0.337 e. The summed E-state index contributed by atoms with van der Waals surface area (Å²) in [5, 5.41) is 5.80. The molecule has 0 bridgehead atoms. The smallest absolute Gasteiger partial charge is 0.254 e. The molecule has 0 saturated heterocycles. The lowest BCUT2D eigenvalue weighted by atomic mass is 10.2. The lowest BCUT2D eigenvalue weighted by Gasteiger charge is -2.15. The molecule has 2 heterocycles. The maximum Gasteiger partial charge on any atom is 0.254 e. The third kappa shape index (κ3) is 3.67. The van der Waals surface area contributed by atoms with Gasteiger partial charge in [0.2, 0.25) is 0 Å². The molecule has 0 aliphatic rings. The van der Waals surface area contributed by atoms with Crippen molar-refractivity contribution >= 4 is 28.6 Å². The van der Waals surface area contributed by atoms with Crippen molar-refractivity contribution in [3.8, 4) is 11.8 Å². The fourth-order valence-electron chi connectivity index (χ4n) is 1.61. The van der Waals surface area contributed by atoms with Gasteiger partial charge in [-0.3, -0.25) is 4.79 Å². The first-order valence-corrected chi connectivity index (χ1v) is 7.57. The molecule has 1 amide bonds. The SMILES string of the molecule is CN(Cc1csc(C#CCN)c1)C(=O)c1ccsc1. The van der Waals surface area contributed by atoms with Gasteiger partial charge in [0.25, 0.3) is 5.91 Å². The molecule has 0 spiro atoms. The Morgan fingerprint density at radius 1 is 1.47 bits per heavy atom. The van der Waals surface area contributed by atoms with Crippen LogP contribution < -0.4 is 5.73 Å². The lowest BCUT2D eigenvalue weighted by molar-refractivity contribution is 0.0786. The molecule has 19 heavy (non-hydrogen) atoms. The maximum atomic E-state index is 12.1. The molecule has 98 valence electrons. The maximum absolute atomic E-state index is 12.1. The molecule has 3 nitrogen and oxygen atoms in total. The normalized spacial score (nSPS) is 9.79. The van der Waals surface area contributed by atoms with Crippen LogP contribution in [0.25, 0.3) is 0 Å². The number of hydrogen-bond acceptors (Lipinski definition) is 4. The van der Waals surface area contributed by atoms with Crippen LogP contribution in [0.4, 0.5) is 0 Å². The first-order chi connectivity index (χ1) is 9.20. The van der Waals surface area contributed by atoms with Crippen molar-refractivity contribution in [2.45, 2.75) is 6.54 Å². The van der Waals surface area contributed by atoms with Crippen molar-refractivity contribution in [3.63, 3.8) is 0 Å². The van der Waals surface area contributed by atoms with Gasteiger partial charge in [-0.2, -0.15) is 11.3 Å². The van der Waals surface area contributed by atoms with Crippen LogP contribution in [0.1, 0.15) is 20.8 Å². The highest BCUT2D eigenvalue weighted by atomic mass is 32.1. The Morgan fingerprint density at radius 3 is 3.00 bits per heavy atom. The van der Waals surface area contributed by atoms with E-state index in [4.69, 9.17) is 5.73 Å². The number of thiophene rings is 2. The molecule has 0 aromatic carbocycles. The Labute approximate surface area is 120 Å². The lowest BCUT2D eigenvalue weighted by Crippen LogP contribution is -2.25. The summed E-state index contributed by atoms with van der Waals surface area (Å²) in [6.07, 6.45) is 0. The molecule has 0 unspecified atom stereocenters. The fourth-order valence-corrected chi connectivity index (χ4v) is 3.02. The van der Waals surface area contributed by atoms with Gasteiger partial charge < -0.3 is 10.6 Å². The van der Waals surface area contributed by atoms with Crippen molar-refractivity contribution in [3.05, 3.63) is 44.3 Å². The third-order valence-corrected chi connectivity index (χ3v) is 4.08. The third-order valence-electron chi connectivity index (χ3n) is 2.50. The van der Waals surface area contributed by atoms with Gasteiger partial charge >= 0.3 is 0 Å². The number of nitrogens with two attached hydrogens (primary N) is 1. The molecule has 0 aliphatic heterocycles. The molecule has 2 aromatic heterocycles. The number of amides is 1. The van der Waals surface area contributed by atoms with Gasteiger partial charge in [-0.25, -0.2) is 0 Å². The van der Waals surface area contributed by atoms with E-state index in [1.54, 1.807) is 16.2 Å². The Hall–Kier alpha value is -1.61. The Balaban J connectivity index is 2.01. The summed E-state index contributed by atoms with van der Waals surface area (Å²) in [5.74, 6) is 5.87. The molecule has 2 rings (SSSR count). The molecular formula is C14H14N2OS2. The van der Waals surface area contributed by atoms with E-state index in [1.807, 2.05) is 35.3 Å². The first kappa shape index (κ1) is 13.8. The zero-order chi connectivity index (χ0) is 13.7. The second-order valence-corrected chi connectivity index (χ2v) is 5.69. The van der Waals surface area contributed by atoms with Gasteiger partial charge in [0.1, 0.15) is 0 Å². The van der Waals surface area contributed by atoms with Crippen LogP contribution in [0.5, 0.6) is 0 Å². The number of rotatable bonds is 3.